The van der Waals surface area contributed by atoms with E-state index in [1.807, 2.05) is 24.3 Å². The molecule has 5 nitrogen and oxygen atoms in total. The molecule has 1 aromatic carbocycles. The molecule has 128 valence electrons. The molecule has 1 atom stereocenters. The third-order valence-corrected chi connectivity index (χ3v) is 3.27. The zero-order valence-corrected chi connectivity index (χ0v) is 14.0. The molecule has 0 radical (unpaired) electrons. The molecule has 0 fully saturated rings. The zero-order valence-electron chi connectivity index (χ0n) is 14.0. The number of ketones is 1. The lowest BCUT2D eigenvalue weighted by molar-refractivity contribution is -0.125. The van der Waals surface area contributed by atoms with Crippen molar-refractivity contribution in [3.63, 3.8) is 0 Å². The van der Waals surface area contributed by atoms with E-state index in [0.29, 0.717) is 12.8 Å². The summed E-state index contributed by atoms with van der Waals surface area (Å²) in [6.07, 6.45) is 3.80. The van der Waals surface area contributed by atoms with Crippen LogP contribution in [0.5, 0.6) is 5.75 Å². The molecule has 0 spiro atoms. The number of allylic oxidation sites excluding steroid dienone is 1. The number of rotatable bonds is 13. The topological polar surface area (TPSA) is 54.0 Å². The number of hydrogen-bond donors (Lipinski definition) is 0. The third-order valence-electron chi connectivity index (χ3n) is 3.27. The fraction of sp³-hybridized carbons (Fsp3) is 0.500. The Kier molecular flexibility index (Phi) is 9.95. The number of methoxy groups -OCH3 is 2. The summed E-state index contributed by atoms with van der Waals surface area (Å²) in [4.78, 5) is 11.8. The van der Waals surface area contributed by atoms with Crippen LogP contribution in [0.1, 0.15) is 24.8 Å². The smallest absolute Gasteiger partial charge is 0.188 e. The summed E-state index contributed by atoms with van der Waals surface area (Å²) in [5.74, 6) is 0.897. The van der Waals surface area contributed by atoms with Gasteiger partial charge in [-0.25, -0.2) is 0 Å². The van der Waals surface area contributed by atoms with Crippen molar-refractivity contribution < 1.29 is 23.7 Å². The van der Waals surface area contributed by atoms with Crippen LogP contribution in [0.2, 0.25) is 0 Å². The molecular weight excluding hydrogens is 296 g/mol. The molecule has 0 heterocycles. The highest BCUT2D eigenvalue weighted by Gasteiger charge is 2.14. The van der Waals surface area contributed by atoms with Gasteiger partial charge in [-0.1, -0.05) is 18.2 Å². The first-order chi connectivity index (χ1) is 11.2. The summed E-state index contributed by atoms with van der Waals surface area (Å²) < 4.78 is 20.7. The largest absolute Gasteiger partial charge is 0.468 e. The van der Waals surface area contributed by atoms with Crippen molar-refractivity contribution in [2.45, 2.75) is 31.8 Å². The Hall–Kier alpha value is -1.69. The van der Waals surface area contributed by atoms with Crippen LogP contribution in [0.15, 0.2) is 36.9 Å². The van der Waals surface area contributed by atoms with Gasteiger partial charge >= 0.3 is 0 Å². The summed E-state index contributed by atoms with van der Waals surface area (Å²) in [5.41, 5.74) is 1.16. The molecule has 1 aromatic rings. The number of hydrogen-bond acceptors (Lipinski definition) is 5. The number of carbonyl (C=O) groups excluding carboxylic acids is 1. The van der Waals surface area contributed by atoms with Crippen LogP contribution >= 0.6 is 0 Å². The third kappa shape index (κ3) is 8.50. The van der Waals surface area contributed by atoms with Crippen LogP contribution in [0.25, 0.3) is 0 Å². The van der Waals surface area contributed by atoms with Gasteiger partial charge < -0.3 is 18.9 Å². The van der Waals surface area contributed by atoms with Crippen LogP contribution in [0.3, 0.4) is 0 Å². The Balaban J connectivity index is 2.48. The van der Waals surface area contributed by atoms with Gasteiger partial charge in [-0.05, 0) is 30.5 Å². The van der Waals surface area contributed by atoms with Crippen LogP contribution in [0.4, 0.5) is 0 Å². The molecule has 0 saturated carbocycles. The van der Waals surface area contributed by atoms with Crippen molar-refractivity contribution >= 4 is 5.78 Å². The second kappa shape index (κ2) is 11.8. The minimum atomic E-state index is -0.146. The first kappa shape index (κ1) is 19.4. The van der Waals surface area contributed by atoms with Gasteiger partial charge in [0.2, 0.25) is 0 Å². The first-order valence-electron chi connectivity index (χ1n) is 7.63. The van der Waals surface area contributed by atoms with Gasteiger partial charge in [0, 0.05) is 27.1 Å². The Bertz CT molecular complexity index is 455. The number of Topliss-reactive ketones (excluding diaryl/α,β-unsaturated/α-hetero) is 1. The summed E-state index contributed by atoms with van der Waals surface area (Å²) in [7, 11) is 3.16. The maximum atomic E-state index is 11.8. The van der Waals surface area contributed by atoms with E-state index in [1.165, 1.54) is 0 Å². The highest BCUT2D eigenvalue weighted by molar-refractivity contribution is 5.80. The molecule has 0 unspecified atom stereocenters. The van der Waals surface area contributed by atoms with Gasteiger partial charge in [-0.3, -0.25) is 4.79 Å². The lowest BCUT2D eigenvalue weighted by Gasteiger charge is -2.16. The van der Waals surface area contributed by atoms with Crippen LogP contribution in [-0.2, 0) is 25.4 Å². The van der Waals surface area contributed by atoms with Gasteiger partial charge in [0.15, 0.2) is 6.79 Å². The molecule has 0 amide bonds. The van der Waals surface area contributed by atoms with Crippen molar-refractivity contribution in [1.29, 1.82) is 0 Å². The lowest BCUT2D eigenvalue weighted by atomic mass is 10.0. The number of ether oxygens (including phenoxy) is 4. The van der Waals surface area contributed by atoms with Crippen LogP contribution in [-0.4, -0.2) is 39.7 Å². The molecule has 0 aliphatic heterocycles. The molecule has 0 saturated heterocycles. The quantitative estimate of drug-likeness (QED) is 0.412. The second-order valence-electron chi connectivity index (χ2n) is 5.16. The van der Waals surface area contributed by atoms with Crippen molar-refractivity contribution in [3.8, 4) is 5.75 Å². The fourth-order valence-electron chi connectivity index (χ4n) is 2.11. The van der Waals surface area contributed by atoms with Gasteiger partial charge in [-0.2, -0.15) is 0 Å². The van der Waals surface area contributed by atoms with Crippen molar-refractivity contribution in [3.05, 3.63) is 42.5 Å². The number of aryl methyl sites for hydroxylation is 1. The second-order valence-corrected chi connectivity index (χ2v) is 5.16. The van der Waals surface area contributed by atoms with Gasteiger partial charge in [0.1, 0.15) is 18.3 Å². The number of benzene rings is 1. The maximum Gasteiger partial charge on any atom is 0.188 e. The van der Waals surface area contributed by atoms with E-state index in [-0.39, 0.29) is 25.5 Å². The standard InChI is InChI=1S/C18H26O5/c1-4-5-16(19)12-18(23-14-21-3)11-8-15-6-9-17(10-7-15)22-13-20-2/h4,6-7,9-10,18H,1,5,8,11-14H2,2-3H3/t18-/m0/s1. The van der Waals surface area contributed by atoms with Crippen LogP contribution < -0.4 is 4.74 Å². The van der Waals surface area contributed by atoms with Gasteiger partial charge in [-0.15, -0.1) is 6.58 Å². The molecule has 0 aliphatic carbocycles. The molecule has 23 heavy (non-hydrogen) atoms. The molecule has 0 aromatic heterocycles. The first-order valence-corrected chi connectivity index (χ1v) is 7.63. The van der Waals surface area contributed by atoms with E-state index >= 15 is 0 Å². The Morgan fingerprint density at radius 2 is 1.87 bits per heavy atom. The predicted octanol–water partition coefficient (Wildman–Crippen LogP) is 3.13. The molecule has 5 heteroatoms. The molecule has 0 N–H and O–H groups in total. The average Bonchev–Trinajstić information content (AvgIpc) is 2.56. The summed E-state index contributed by atoms with van der Waals surface area (Å²) >= 11 is 0. The van der Waals surface area contributed by atoms with E-state index in [4.69, 9.17) is 18.9 Å². The summed E-state index contributed by atoms with van der Waals surface area (Å²) in [6.45, 7) is 4.01. The van der Waals surface area contributed by atoms with Crippen molar-refractivity contribution in [2.75, 3.05) is 27.8 Å². The fourth-order valence-corrected chi connectivity index (χ4v) is 2.11. The van der Waals surface area contributed by atoms with Gasteiger partial charge in [0.05, 0.1) is 6.10 Å². The van der Waals surface area contributed by atoms with Crippen LogP contribution in [0, 0.1) is 0 Å². The van der Waals surface area contributed by atoms with E-state index in [1.54, 1.807) is 20.3 Å². The monoisotopic (exact) mass is 322 g/mol. The Morgan fingerprint density at radius 1 is 1.17 bits per heavy atom. The van der Waals surface area contributed by atoms with E-state index < -0.39 is 0 Å². The Morgan fingerprint density at radius 3 is 2.48 bits per heavy atom. The predicted molar refractivity (Wildman–Crippen MR) is 88.5 cm³/mol. The van der Waals surface area contributed by atoms with Crippen molar-refractivity contribution in [2.24, 2.45) is 0 Å². The highest BCUT2D eigenvalue weighted by Crippen LogP contribution is 2.16. The molecule has 1 rings (SSSR count). The SMILES string of the molecule is C=CCC(=O)C[C@H](CCc1ccc(OCOC)cc1)OCOC. The van der Waals surface area contributed by atoms with Crippen molar-refractivity contribution in [1.82, 2.24) is 0 Å². The maximum absolute atomic E-state index is 11.8. The minimum Gasteiger partial charge on any atom is -0.468 e. The van der Waals surface area contributed by atoms with E-state index in [0.717, 1.165) is 24.2 Å². The zero-order chi connectivity index (χ0) is 16.9. The normalized spacial score (nSPS) is 11.9. The van der Waals surface area contributed by atoms with E-state index in [2.05, 4.69) is 6.58 Å². The molecular formula is C18H26O5. The summed E-state index contributed by atoms with van der Waals surface area (Å²) in [5, 5.41) is 0. The molecule has 0 aliphatic rings. The average molecular weight is 322 g/mol. The minimum absolute atomic E-state index is 0.129. The lowest BCUT2D eigenvalue weighted by Crippen LogP contribution is -2.19. The van der Waals surface area contributed by atoms with E-state index in [9.17, 15) is 4.79 Å². The number of carbonyl (C=O) groups is 1. The summed E-state index contributed by atoms with van der Waals surface area (Å²) in [6, 6.07) is 7.82. The molecule has 0 bridgehead atoms. The Labute approximate surface area is 138 Å². The van der Waals surface area contributed by atoms with Gasteiger partial charge in [0.25, 0.3) is 0 Å². The highest BCUT2D eigenvalue weighted by atomic mass is 16.7.